The second-order valence-electron chi connectivity index (χ2n) is 14.5. The van der Waals surface area contributed by atoms with Crippen molar-refractivity contribution in [2.45, 2.75) is 118 Å². The Kier molecular flexibility index (Phi) is 9.69. The van der Waals surface area contributed by atoms with Crippen molar-refractivity contribution < 1.29 is 14.3 Å². The van der Waals surface area contributed by atoms with Crippen LogP contribution >= 0.6 is 11.8 Å². The first-order valence-electron chi connectivity index (χ1n) is 15.7. The zero-order valence-corrected chi connectivity index (χ0v) is 25.9. The zero-order chi connectivity index (χ0) is 27.7. The number of allylic oxidation sites excluding steroid dienone is 1. The second-order valence-corrected chi connectivity index (χ2v) is 15.5. The first-order chi connectivity index (χ1) is 18.0. The van der Waals surface area contributed by atoms with Crippen molar-refractivity contribution in [1.29, 1.82) is 0 Å². The molecule has 5 heteroatoms. The molecule has 4 aliphatic carbocycles. The average Bonchev–Trinajstić information content (AvgIpc) is 3.21. The molecule has 0 bridgehead atoms. The number of carbonyl (C=O) groups is 2. The van der Waals surface area contributed by atoms with E-state index >= 15 is 0 Å². The Morgan fingerprint density at radius 3 is 2.53 bits per heavy atom. The predicted molar refractivity (Wildman–Crippen MR) is 159 cm³/mol. The summed E-state index contributed by atoms with van der Waals surface area (Å²) in [6.45, 7) is 14.3. The van der Waals surface area contributed by atoms with Crippen molar-refractivity contribution in [3.8, 4) is 0 Å². The van der Waals surface area contributed by atoms with Crippen LogP contribution in [0, 0.1) is 52.3 Å². The van der Waals surface area contributed by atoms with Gasteiger partial charge in [-0.3, -0.25) is 9.59 Å². The van der Waals surface area contributed by atoms with Gasteiger partial charge in [0, 0.05) is 18.1 Å². The molecule has 4 aliphatic rings. The number of esters is 1. The molecule has 38 heavy (non-hydrogen) atoms. The summed E-state index contributed by atoms with van der Waals surface area (Å²) < 4.78 is 5.92. The van der Waals surface area contributed by atoms with Gasteiger partial charge in [0.15, 0.2) is 0 Å². The number of rotatable bonds is 11. The Hall–Kier alpha value is -0.970. The van der Waals surface area contributed by atoms with Crippen LogP contribution in [-0.4, -0.2) is 29.5 Å². The number of hydrogen-bond donors (Lipinski definition) is 1. The van der Waals surface area contributed by atoms with Crippen LogP contribution in [0.5, 0.6) is 0 Å². The Balaban J connectivity index is 1.34. The first-order valence-corrected chi connectivity index (χ1v) is 16.9. The molecule has 216 valence electrons. The fraction of sp³-hybridized carbons (Fsp3) is 0.879. The van der Waals surface area contributed by atoms with Gasteiger partial charge < -0.3 is 10.5 Å². The van der Waals surface area contributed by atoms with Crippen LogP contribution in [0.2, 0.25) is 0 Å². The van der Waals surface area contributed by atoms with E-state index < -0.39 is 0 Å². The molecule has 0 spiro atoms. The van der Waals surface area contributed by atoms with Gasteiger partial charge in [-0.15, -0.1) is 11.8 Å². The summed E-state index contributed by atoms with van der Waals surface area (Å²) in [6.07, 6.45) is 16.7. The zero-order valence-electron chi connectivity index (χ0n) is 25.1. The van der Waals surface area contributed by atoms with Crippen molar-refractivity contribution in [1.82, 2.24) is 0 Å². The Bertz CT molecular complexity index is 885. The number of amides is 1. The molecule has 9 atom stereocenters. The van der Waals surface area contributed by atoms with Gasteiger partial charge in [-0.2, -0.15) is 0 Å². The standard InChI is InChI=1S/C33H55NO3S/c1-21(2)8-7-9-22(3)27-12-13-28-26-11-10-24-18-25(37-30(35)20-38-19-23(4)31(34)36)14-16-32(24,5)29(26)15-17-33(27,28)6/h10,21-23,25-29H,7-9,11-20H2,1-6H3,(H2,34,36)/t22-,23?,25+,26+,27-,28+,29+,32+,33-/m1/s1. The molecule has 1 amide bonds. The molecule has 3 fully saturated rings. The van der Waals surface area contributed by atoms with E-state index in [0.717, 1.165) is 54.8 Å². The summed E-state index contributed by atoms with van der Waals surface area (Å²) in [7, 11) is 0. The highest BCUT2D eigenvalue weighted by molar-refractivity contribution is 7.99. The lowest BCUT2D eigenvalue weighted by Gasteiger charge is -2.58. The van der Waals surface area contributed by atoms with E-state index in [-0.39, 0.29) is 29.3 Å². The molecular formula is C33H55NO3S. The minimum atomic E-state index is -0.313. The van der Waals surface area contributed by atoms with E-state index in [9.17, 15) is 9.59 Å². The average molecular weight is 546 g/mol. The van der Waals surface area contributed by atoms with Gasteiger partial charge in [-0.05, 0) is 91.3 Å². The van der Waals surface area contributed by atoms with Crippen LogP contribution in [0.1, 0.15) is 112 Å². The largest absolute Gasteiger partial charge is 0.461 e. The van der Waals surface area contributed by atoms with Gasteiger partial charge in [-0.1, -0.05) is 72.5 Å². The number of nitrogens with two attached hydrogens (primary N) is 1. The van der Waals surface area contributed by atoms with Gasteiger partial charge in [0.05, 0.1) is 5.75 Å². The van der Waals surface area contributed by atoms with Gasteiger partial charge in [0.1, 0.15) is 6.10 Å². The monoisotopic (exact) mass is 545 g/mol. The number of thioether (sulfide) groups is 1. The van der Waals surface area contributed by atoms with Crippen LogP contribution in [0.3, 0.4) is 0 Å². The van der Waals surface area contributed by atoms with Crippen LogP contribution in [0.4, 0.5) is 0 Å². The van der Waals surface area contributed by atoms with Crippen LogP contribution in [-0.2, 0) is 14.3 Å². The van der Waals surface area contributed by atoms with Crippen LogP contribution in [0.25, 0.3) is 0 Å². The van der Waals surface area contributed by atoms with E-state index in [4.69, 9.17) is 10.5 Å². The lowest BCUT2D eigenvalue weighted by Crippen LogP contribution is -2.51. The van der Waals surface area contributed by atoms with Crippen LogP contribution in [0.15, 0.2) is 11.6 Å². The molecule has 0 radical (unpaired) electrons. The summed E-state index contributed by atoms with van der Waals surface area (Å²) in [6, 6.07) is 0. The fourth-order valence-electron chi connectivity index (χ4n) is 9.37. The summed E-state index contributed by atoms with van der Waals surface area (Å²) >= 11 is 1.45. The third-order valence-corrected chi connectivity index (χ3v) is 12.8. The van der Waals surface area contributed by atoms with E-state index in [1.807, 2.05) is 0 Å². The minimum absolute atomic E-state index is 0.00365. The molecule has 2 N–H and O–H groups in total. The number of primary amides is 1. The molecule has 0 aromatic rings. The van der Waals surface area contributed by atoms with Gasteiger partial charge >= 0.3 is 5.97 Å². The topological polar surface area (TPSA) is 69.4 Å². The maximum absolute atomic E-state index is 12.5. The van der Waals surface area contributed by atoms with Crippen molar-refractivity contribution in [3.05, 3.63) is 11.6 Å². The molecule has 1 unspecified atom stereocenters. The maximum atomic E-state index is 12.5. The molecule has 0 aliphatic heterocycles. The summed E-state index contributed by atoms with van der Waals surface area (Å²) in [5.41, 5.74) is 7.70. The third-order valence-electron chi connectivity index (χ3n) is 11.6. The molecule has 0 saturated heterocycles. The number of hydrogen-bond acceptors (Lipinski definition) is 4. The highest BCUT2D eigenvalue weighted by atomic mass is 32.2. The molecule has 0 aromatic heterocycles. The Labute approximate surface area is 237 Å². The minimum Gasteiger partial charge on any atom is -0.461 e. The molecule has 4 nitrogen and oxygen atoms in total. The molecule has 0 heterocycles. The third kappa shape index (κ3) is 6.18. The smallest absolute Gasteiger partial charge is 0.316 e. The first kappa shape index (κ1) is 30.0. The highest BCUT2D eigenvalue weighted by Crippen LogP contribution is 2.67. The van der Waals surface area contributed by atoms with Crippen LogP contribution < -0.4 is 5.73 Å². The normalized spacial score (nSPS) is 38.0. The number of fused-ring (bicyclic) bond motifs is 5. The molecule has 0 aromatic carbocycles. The summed E-state index contributed by atoms with van der Waals surface area (Å²) in [5.74, 6) is 5.26. The van der Waals surface area contributed by atoms with Gasteiger partial charge in [-0.25, -0.2) is 0 Å². The molecule has 4 rings (SSSR count). The predicted octanol–water partition coefficient (Wildman–Crippen LogP) is 7.79. The van der Waals surface area contributed by atoms with E-state index in [1.54, 1.807) is 12.5 Å². The highest BCUT2D eigenvalue weighted by Gasteiger charge is 2.59. The van der Waals surface area contributed by atoms with E-state index in [0.29, 0.717) is 16.9 Å². The second kappa shape index (κ2) is 12.3. The van der Waals surface area contributed by atoms with E-state index in [2.05, 4.69) is 40.7 Å². The molecule has 3 saturated carbocycles. The van der Waals surface area contributed by atoms with Gasteiger partial charge in [0.2, 0.25) is 5.91 Å². The summed E-state index contributed by atoms with van der Waals surface area (Å²) in [4.78, 5) is 23.7. The van der Waals surface area contributed by atoms with Crippen molar-refractivity contribution >= 4 is 23.6 Å². The lowest BCUT2D eigenvalue weighted by molar-refractivity contribution is -0.148. The fourth-order valence-corrected chi connectivity index (χ4v) is 10.2. The summed E-state index contributed by atoms with van der Waals surface area (Å²) in [5, 5.41) is 0. The van der Waals surface area contributed by atoms with Crippen molar-refractivity contribution in [3.63, 3.8) is 0 Å². The van der Waals surface area contributed by atoms with Crippen molar-refractivity contribution in [2.24, 2.45) is 58.0 Å². The quantitative estimate of drug-likeness (QED) is 0.212. The lowest BCUT2D eigenvalue weighted by atomic mass is 9.47. The van der Waals surface area contributed by atoms with Gasteiger partial charge in [0.25, 0.3) is 0 Å². The number of carbonyl (C=O) groups excluding carboxylic acids is 2. The van der Waals surface area contributed by atoms with E-state index in [1.165, 1.54) is 63.1 Å². The Morgan fingerprint density at radius 1 is 1.05 bits per heavy atom. The number of ether oxygens (including phenoxy) is 1. The maximum Gasteiger partial charge on any atom is 0.316 e. The Morgan fingerprint density at radius 2 is 1.82 bits per heavy atom. The van der Waals surface area contributed by atoms with Crippen molar-refractivity contribution in [2.75, 3.05) is 11.5 Å². The molecular weight excluding hydrogens is 490 g/mol. The SMILES string of the molecule is CC(C)CCC[C@@H](C)[C@H]1CC[C@H]2[C@@H]3CC=C4C[C@@H](OC(=O)CSCC(C)C(N)=O)CC[C@]4(C)[C@H]3CC[C@]12C.